The zero-order chi connectivity index (χ0) is 25.6. The van der Waals surface area contributed by atoms with Crippen molar-refractivity contribution < 1.29 is 36.8 Å². The van der Waals surface area contributed by atoms with Crippen molar-refractivity contribution in [3.8, 4) is 11.5 Å². The van der Waals surface area contributed by atoms with Gasteiger partial charge in [-0.05, 0) is 56.1 Å². The lowest BCUT2D eigenvalue weighted by atomic mass is 9.84. The molecule has 0 aliphatic carbocycles. The highest BCUT2D eigenvalue weighted by Gasteiger charge is 2.56. The number of benzene rings is 1. The van der Waals surface area contributed by atoms with Crippen LogP contribution in [0.4, 0.5) is 17.6 Å². The highest BCUT2D eigenvalue weighted by molar-refractivity contribution is 5.81. The molecule has 0 bridgehead atoms. The maximum absolute atomic E-state index is 14.8. The lowest BCUT2D eigenvalue weighted by molar-refractivity contribution is -0.147. The molecule has 3 heterocycles. The van der Waals surface area contributed by atoms with Gasteiger partial charge in [0.05, 0.1) is 0 Å². The summed E-state index contributed by atoms with van der Waals surface area (Å²) >= 11 is 0. The Labute approximate surface area is 196 Å². The molecule has 2 atom stereocenters. The zero-order valence-corrected chi connectivity index (χ0v) is 18.2. The Bertz CT molecular complexity index is 1170. The van der Waals surface area contributed by atoms with Gasteiger partial charge in [0.1, 0.15) is 11.5 Å². The standard InChI is InChI=1S/C21H19F4N5O2.CH2O2/c22-13-11-15(24)14(23)9-12(13)10-17(26)21(19(25)31,30-7-3-4-8-30)20-28-18(29-32-20)16-5-1-2-6-27-16;2-1-3/h1-2,5-6,9,11,17H,3-4,7-8,10,26H2;1H,(H,2,3). The summed E-state index contributed by atoms with van der Waals surface area (Å²) in [6, 6.07) is 2.65. The van der Waals surface area contributed by atoms with Crippen molar-refractivity contribution >= 4 is 12.5 Å². The summed E-state index contributed by atoms with van der Waals surface area (Å²) in [4.78, 5) is 30.6. The van der Waals surface area contributed by atoms with Crippen molar-refractivity contribution in [1.82, 2.24) is 20.0 Å². The number of rotatable bonds is 7. The number of nitrogens with zero attached hydrogens (tertiary/aromatic N) is 4. The molecule has 1 aliphatic rings. The number of hydrogen-bond acceptors (Lipinski definition) is 8. The van der Waals surface area contributed by atoms with Gasteiger partial charge in [0.25, 0.3) is 12.4 Å². The molecule has 0 radical (unpaired) electrons. The highest BCUT2D eigenvalue weighted by atomic mass is 19.2. The number of pyridine rings is 1. The third-order valence-electron chi connectivity index (χ3n) is 5.62. The lowest BCUT2D eigenvalue weighted by Crippen LogP contribution is -2.61. The van der Waals surface area contributed by atoms with Crippen LogP contribution in [0.25, 0.3) is 11.5 Å². The molecule has 13 heteroatoms. The van der Waals surface area contributed by atoms with Crippen molar-refractivity contribution in [3.05, 3.63) is 65.4 Å². The minimum Gasteiger partial charge on any atom is -0.483 e. The minimum atomic E-state index is -2.23. The van der Waals surface area contributed by atoms with Gasteiger partial charge in [-0.2, -0.15) is 9.37 Å². The Morgan fingerprint density at radius 2 is 1.86 bits per heavy atom. The highest BCUT2D eigenvalue weighted by Crippen LogP contribution is 2.37. The van der Waals surface area contributed by atoms with Crippen LogP contribution in [-0.2, 0) is 21.5 Å². The fourth-order valence-corrected chi connectivity index (χ4v) is 4.03. The first-order chi connectivity index (χ1) is 16.7. The summed E-state index contributed by atoms with van der Waals surface area (Å²) in [5.74, 6) is -4.13. The first-order valence-corrected chi connectivity index (χ1v) is 10.4. The zero-order valence-electron chi connectivity index (χ0n) is 18.2. The van der Waals surface area contributed by atoms with Crippen LogP contribution in [0, 0.1) is 17.5 Å². The topological polar surface area (TPSA) is 135 Å². The second kappa shape index (κ2) is 11.1. The molecule has 4 rings (SSSR count). The van der Waals surface area contributed by atoms with Gasteiger partial charge in [0.15, 0.2) is 11.6 Å². The molecule has 0 spiro atoms. The van der Waals surface area contributed by atoms with Crippen molar-refractivity contribution in [3.63, 3.8) is 0 Å². The number of carboxylic acid groups (broad SMARTS) is 1. The smallest absolute Gasteiger partial charge is 0.332 e. The van der Waals surface area contributed by atoms with E-state index in [1.165, 1.54) is 11.1 Å². The third kappa shape index (κ3) is 5.20. The Balaban J connectivity index is 0.00000108. The average molecular weight is 495 g/mol. The molecular formula is C22H21F4N5O4. The van der Waals surface area contributed by atoms with Crippen LogP contribution >= 0.6 is 0 Å². The van der Waals surface area contributed by atoms with Crippen molar-refractivity contribution in [1.29, 1.82) is 0 Å². The normalized spacial score (nSPS) is 16.1. The van der Waals surface area contributed by atoms with Gasteiger partial charge in [-0.25, -0.2) is 13.2 Å². The lowest BCUT2D eigenvalue weighted by Gasteiger charge is -2.39. The van der Waals surface area contributed by atoms with Crippen LogP contribution in [0.15, 0.2) is 41.1 Å². The summed E-state index contributed by atoms with van der Waals surface area (Å²) < 4.78 is 61.4. The predicted octanol–water partition coefficient (Wildman–Crippen LogP) is 2.61. The first-order valence-electron chi connectivity index (χ1n) is 10.4. The summed E-state index contributed by atoms with van der Waals surface area (Å²) in [5.41, 5.74) is 4.05. The van der Waals surface area contributed by atoms with Crippen LogP contribution in [-0.4, -0.2) is 56.8 Å². The van der Waals surface area contributed by atoms with Crippen molar-refractivity contribution in [2.75, 3.05) is 13.1 Å². The molecule has 3 N–H and O–H groups in total. The van der Waals surface area contributed by atoms with Gasteiger partial charge in [0, 0.05) is 18.3 Å². The maximum Gasteiger partial charge on any atom is 0.332 e. The molecular weight excluding hydrogens is 474 g/mol. The largest absolute Gasteiger partial charge is 0.483 e. The van der Waals surface area contributed by atoms with Gasteiger partial charge >= 0.3 is 6.04 Å². The first kappa shape index (κ1) is 25.9. The van der Waals surface area contributed by atoms with E-state index in [0.717, 1.165) is 0 Å². The SMILES string of the molecule is NC(Cc1cc(F)c(F)cc1F)C(C(=O)F)(c1nc(-c2ccccn2)no1)N1CCCC1.O=CO. The second-order valence-corrected chi connectivity index (χ2v) is 7.65. The van der Waals surface area contributed by atoms with E-state index in [0.29, 0.717) is 43.8 Å². The van der Waals surface area contributed by atoms with Crippen LogP contribution in [0.2, 0.25) is 0 Å². The number of likely N-dealkylation sites (tertiary alicyclic amines) is 1. The summed E-state index contributed by atoms with van der Waals surface area (Å²) in [6.07, 6.45) is 2.32. The molecule has 3 aromatic rings. The molecule has 9 nitrogen and oxygen atoms in total. The average Bonchev–Trinajstić information content (AvgIpc) is 3.53. The van der Waals surface area contributed by atoms with Gasteiger partial charge in [-0.3, -0.25) is 19.5 Å². The predicted molar refractivity (Wildman–Crippen MR) is 113 cm³/mol. The van der Waals surface area contributed by atoms with E-state index < -0.39 is 47.4 Å². The van der Waals surface area contributed by atoms with E-state index in [1.807, 2.05) is 0 Å². The van der Waals surface area contributed by atoms with Crippen molar-refractivity contribution in [2.24, 2.45) is 5.73 Å². The molecule has 0 saturated carbocycles. The molecule has 186 valence electrons. The minimum absolute atomic E-state index is 0.0108. The molecule has 1 saturated heterocycles. The number of aromatic nitrogens is 3. The van der Waals surface area contributed by atoms with E-state index in [4.69, 9.17) is 20.2 Å². The van der Waals surface area contributed by atoms with E-state index >= 15 is 0 Å². The number of hydrogen-bond donors (Lipinski definition) is 2. The Morgan fingerprint density at radius 3 is 2.46 bits per heavy atom. The Hall–Kier alpha value is -3.71. The molecule has 2 aromatic heterocycles. The van der Waals surface area contributed by atoms with Crippen LogP contribution < -0.4 is 5.73 Å². The summed E-state index contributed by atoms with van der Waals surface area (Å²) in [7, 11) is 0. The van der Waals surface area contributed by atoms with Gasteiger partial charge < -0.3 is 15.4 Å². The van der Waals surface area contributed by atoms with Gasteiger partial charge in [-0.1, -0.05) is 11.2 Å². The number of halogens is 4. The molecule has 35 heavy (non-hydrogen) atoms. The van der Waals surface area contributed by atoms with Crippen LogP contribution in [0.3, 0.4) is 0 Å². The fourth-order valence-electron chi connectivity index (χ4n) is 4.03. The molecule has 1 aliphatic heterocycles. The fraction of sp³-hybridized carbons (Fsp3) is 0.318. The van der Waals surface area contributed by atoms with Crippen LogP contribution in [0.1, 0.15) is 24.3 Å². The van der Waals surface area contributed by atoms with E-state index in [9.17, 15) is 22.4 Å². The van der Waals surface area contributed by atoms with Crippen molar-refractivity contribution in [2.45, 2.75) is 30.8 Å². The Kier molecular flexibility index (Phi) is 8.25. The summed E-state index contributed by atoms with van der Waals surface area (Å²) in [5, 5.41) is 10.7. The number of carbonyl (C=O) groups excluding carboxylic acids is 1. The molecule has 1 aromatic carbocycles. The van der Waals surface area contributed by atoms with E-state index in [-0.39, 0.29) is 17.9 Å². The third-order valence-corrected chi connectivity index (χ3v) is 5.62. The van der Waals surface area contributed by atoms with E-state index in [1.54, 1.807) is 18.2 Å². The number of carbonyl (C=O) groups is 2. The summed E-state index contributed by atoms with van der Waals surface area (Å²) in [6.45, 7) is 0.343. The molecule has 2 unspecified atom stereocenters. The monoisotopic (exact) mass is 495 g/mol. The van der Waals surface area contributed by atoms with Crippen LogP contribution in [0.5, 0.6) is 0 Å². The quantitative estimate of drug-likeness (QED) is 0.219. The van der Waals surface area contributed by atoms with Gasteiger partial charge in [-0.15, -0.1) is 0 Å². The van der Waals surface area contributed by atoms with Gasteiger partial charge in [0.2, 0.25) is 11.4 Å². The maximum atomic E-state index is 14.8. The van der Waals surface area contributed by atoms with E-state index in [2.05, 4.69) is 15.1 Å². The molecule has 1 fully saturated rings. The Morgan fingerprint density at radius 1 is 1.20 bits per heavy atom. The number of nitrogens with two attached hydrogens (primary N) is 1. The second-order valence-electron chi connectivity index (χ2n) is 7.65. The molecule has 0 amide bonds.